The summed E-state index contributed by atoms with van der Waals surface area (Å²) < 4.78 is 0. The molecule has 0 aromatic carbocycles. The van der Waals surface area contributed by atoms with Gasteiger partial charge < -0.3 is 5.73 Å². The van der Waals surface area contributed by atoms with E-state index in [2.05, 4.69) is 19.6 Å². The predicted octanol–water partition coefficient (Wildman–Crippen LogP) is 3.33. The lowest BCUT2D eigenvalue weighted by Crippen LogP contribution is -2.13. The maximum Gasteiger partial charge on any atom is -0.0195 e. The first kappa shape index (κ1) is 12.0. The number of nitrogens with two attached hydrogens (primary N) is 1. The first-order valence-corrected chi connectivity index (χ1v) is 5.41. The van der Waals surface area contributed by atoms with Crippen molar-refractivity contribution in [2.75, 3.05) is 7.05 Å². The molecule has 0 aliphatic heterocycles. The van der Waals surface area contributed by atoms with E-state index in [4.69, 9.17) is 0 Å². The van der Waals surface area contributed by atoms with E-state index in [1.807, 2.05) is 0 Å². The molecule has 0 aromatic heterocycles. The van der Waals surface area contributed by atoms with Gasteiger partial charge in [0, 0.05) is 0 Å². The Balaban J connectivity index is 0.000000561. The molecule has 0 saturated heterocycles. The second kappa shape index (κ2) is 6.47. The van der Waals surface area contributed by atoms with Crippen LogP contribution in [0.15, 0.2) is 0 Å². The van der Waals surface area contributed by atoms with E-state index in [-0.39, 0.29) is 0 Å². The summed E-state index contributed by atoms with van der Waals surface area (Å²) in [6.07, 6.45) is 10.3. The summed E-state index contributed by atoms with van der Waals surface area (Å²) in [5, 5.41) is 0. The lowest BCUT2D eigenvalue weighted by Gasteiger charge is -2.26. The van der Waals surface area contributed by atoms with Gasteiger partial charge in [-0.3, -0.25) is 0 Å². The molecular formula is C11H25N. The van der Waals surface area contributed by atoms with Crippen LogP contribution < -0.4 is 5.73 Å². The Morgan fingerprint density at radius 2 is 1.58 bits per heavy atom. The number of rotatable bonds is 3. The van der Waals surface area contributed by atoms with Gasteiger partial charge in [-0.1, -0.05) is 39.5 Å². The molecule has 0 bridgehead atoms. The zero-order chi connectivity index (χ0) is 9.45. The zero-order valence-corrected chi connectivity index (χ0v) is 9.03. The van der Waals surface area contributed by atoms with Crippen molar-refractivity contribution in [2.24, 2.45) is 11.1 Å². The van der Waals surface area contributed by atoms with Gasteiger partial charge in [0.15, 0.2) is 0 Å². The molecule has 1 heteroatoms. The molecule has 1 saturated carbocycles. The molecule has 0 amide bonds. The Morgan fingerprint density at radius 3 is 1.92 bits per heavy atom. The van der Waals surface area contributed by atoms with Crippen LogP contribution in [0.25, 0.3) is 0 Å². The number of hydrogen-bond donors (Lipinski definition) is 1. The van der Waals surface area contributed by atoms with E-state index in [1.165, 1.54) is 52.0 Å². The first-order chi connectivity index (χ1) is 5.83. The summed E-state index contributed by atoms with van der Waals surface area (Å²) >= 11 is 0. The molecule has 0 aromatic rings. The fourth-order valence-electron chi connectivity index (χ4n) is 2.44. The zero-order valence-electron chi connectivity index (χ0n) is 9.03. The fourth-order valence-corrected chi connectivity index (χ4v) is 2.44. The highest BCUT2D eigenvalue weighted by molar-refractivity contribution is 4.82. The SMILES string of the molecule is CCCC1(CC)CCCC1.CN. The van der Waals surface area contributed by atoms with Crippen LogP contribution in [0.2, 0.25) is 0 Å². The Hall–Kier alpha value is -0.0400. The van der Waals surface area contributed by atoms with Crippen molar-refractivity contribution in [3.8, 4) is 0 Å². The molecule has 1 nitrogen and oxygen atoms in total. The highest BCUT2D eigenvalue weighted by atomic mass is 14.4. The molecule has 1 rings (SSSR count). The van der Waals surface area contributed by atoms with Crippen LogP contribution in [0.3, 0.4) is 0 Å². The minimum Gasteiger partial charge on any atom is -0.333 e. The summed E-state index contributed by atoms with van der Waals surface area (Å²) in [5.41, 5.74) is 5.29. The first-order valence-electron chi connectivity index (χ1n) is 5.41. The standard InChI is InChI=1S/C10H20.CH5N/c1-3-7-10(4-2)8-5-6-9-10;1-2/h3-9H2,1-2H3;2H2,1H3. The summed E-state index contributed by atoms with van der Waals surface area (Å²) in [5.74, 6) is 0. The minimum atomic E-state index is 0.786. The maximum atomic E-state index is 4.50. The molecule has 12 heavy (non-hydrogen) atoms. The van der Waals surface area contributed by atoms with Crippen molar-refractivity contribution in [1.29, 1.82) is 0 Å². The van der Waals surface area contributed by atoms with Crippen LogP contribution >= 0.6 is 0 Å². The molecule has 0 radical (unpaired) electrons. The second-order valence-electron chi connectivity index (χ2n) is 3.81. The van der Waals surface area contributed by atoms with E-state index in [9.17, 15) is 0 Å². The van der Waals surface area contributed by atoms with Crippen LogP contribution in [0, 0.1) is 5.41 Å². The number of hydrogen-bond acceptors (Lipinski definition) is 1. The molecule has 0 spiro atoms. The van der Waals surface area contributed by atoms with E-state index < -0.39 is 0 Å². The van der Waals surface area contributed by atoms with E-state index in [0.717, 1.165) is 5.41 Å². The maximum absolute atomic E-state index is 4.50. The average Bonchev–Trinajstić information content (AvgIpc) is 2.58. The molecular weight excluding hydrogens is 146 g/mol. The van der Waals surface area contributed by atoms with Crippen LogP contribution in [-0.2, 0) is 0 Å². The summed E-state index contributed by atoms with van der Waals surface area (Å²) in [6, 6.07) is 0. The molecule has 0 heterocycles. The third kappa shape index (κ3) is 3.14. The van der Waals surface area contributed by atoms with Crippen molar-refractivity contribution in [1.82, 2.24) is 0 Å². The van der Waals surface area contributed by atoms with Gasteiger partial charge in [-0.15, -0.1) is 0 Å². The van der Waals surface area contributed by atoms with Crippen molar-refractivity contribution in [2.45, 2.75) is 58.8 Å². The van der Waals surface area contributed by atoms with Crippen molar-refractivity contribution >= 4 is 0 Å². The quantitative estimate of drug-likeness (QED) is 0.692. The normalized spacial score (nSPS) is 20.0. The molecule has 74 valence electrons. The molecule has 0 unspecified atom stereocenters. The van der Waals surface area contributed by atoms with Crippen LogP contribution in [-0.4, -0.2) is 7.05 Å². The molecule has 1 aliphatic carbocycles. The monoisotopic (exact) mass is 171 g/mol. The van der Waals surface area contributed by atoms with Gasteiger partial charge in [-0.25, -0.2) is 0 Å². The van der Waals surface area contributed by atoms with Gasteiger partial charge in [0.2, 0.25) is 0 Å². The van der Waals surface area contributed by atoms with Crippen LogP contribution in [0.5, 0.6) is 0 Å². The van der Waals surface area contributed by atoms with E-state index in [0.29, 0.717) is 0 Å². The minimum absolute atomic E-state index is 0.786. The molecule has 0 atom stereocenters. The van der Waals surface area contributed by atoms with Gasteiger partial charge in [0.25, 0.3) is 0 Å². The molecule has 2 N–H and O–H groups in total. The highest BCUT2D eigenvalue weighted by Crippen LogP contribution is 2.44. The van der Waals surface area contributed by atoms with Crippen molar-refractivity contribution in [3.63, 3.8) is 0 Å². The molecule has 1 aliphatic rings. The van der Waals surface area contributed by atoms with Gasteiger partial charge in [-0.2, -0.15) is 0 Å². The Kier molecular flexibility index (Phi) is 6.45. The van der Waals surface area contributed by atoms with Gasteiger partial charge in [0.1, 0.15) is 0 Å². The Bertz CT molecular complexity index is 93.2. The summed E-state index contributed by atoms with van der Waals surface area (Å²) in [4.78, 5) is 0. The largest absolute Gasteiger partial charge is 0.333 e. The van der Waals surface area contributed by atoms with Crippen LogP contribution in [0.4, 0.5) is 0 Å². The average molecular weight is 171 g/mol. The summed E-state index contributed by atoms with van der Waals surface area (Å²) in [6.45, 7) is 4.68. The highest BCUT2D eigenvalue weighted by Gasteiger charge is 2.30. The topological polar surface area (TPSA) is 26.0 Å². The van der Waals surface area contributed by atoms with Crippen molar-refractivity contribution in [3.05, 3.63) is 0 Å². The Labute approximate surface area is 77.7 Å². The third-order valence-corrected chi connectivity index (χ3v) is 3.19. The smallest absolute Gasteiger partial charge is 0.0195 e. The van der Waals surface area contributed by atoms with E-state index >= 15 is 0 Å². The lowest BCUT2D eigenvalue weighted by molar-refractivity contribution is 0.257. The third-order valence-electron chi connectivity index (χ3n) is 3.19. The Morgan fingerprint density at radius 1 is 1.08 bits per heavy atom. The lowest BCUT2D eigenvalue weighted by atomic mass is 9.79. The van der Waals surface area contributed by atoms with Gasteiger partial charge in [-0.05, 0) is 31.7 Å². The van der Waals surface area contributed by atoms with Gasteiger partial charge in [0.05, 0.1) is 0 Å². The van der Waals surface area contributed by atoms with Crippen LogP contribution in [0.1, 0.15) is 58.8 Å². The second-order valence-corrected chi connectivity index (χ2v) is 3.81. The summed E-state index contributed by atoms with van der Waals surface area (Å²) in [7, 11) is 1.50. The molecule has 1 fully saturated rings. The van der Waals surface area contributed by atoms with Gasteiger partial charge >= 0.3 is 0 Å². The fraction of sp³-hybridized carbons (Fsp3) is 1.00. The van der Waals surface area contributed by atoms with E-state index in [1.54, 1.807) is 0 Å². The van der Waals surface area contributed by atoms with Crippen molar-refractivity contribution < 1.29 is 0 Å². The predicted molar refractivity (Wildman–Crippen MR) is 56.2 cm³/mol.